The topological polar surface area (TPSA) is 75.1 Å². The Morgan fingerprint density at radius 1 is 1.77 bits per heavy atom. The molecule has 5 nitrogen and oxygen atoms in total. The molecular formula is C8H11N3O2. The Balaban J connectivity index is 2.59. The maximum atomic E-state index is 11.3. The summed E-state index contributed by atoms with van der Waals surface area (Å²) in [6.07, 6.45) is 2.80. The van der Waals surface area contributed by atoms with Crippen molar-refractivity contribution in [2.75, 3.05) is 6.61 Å². The maximum absolute atomic E-state index is 11.3. The third kappa shape index (κ3) is 2.79. The van der Waals surface area contributed by atoms with E-state index in [1.807, 2.05) is 0 Å². The Morgan fingerprint density at radius 2 is 2.54 bits per heavy atom. The van der Waals surface area contributed by atoms with Crippen LogP contribution in [0.4, 0.5) is 0 Å². The van der Waals surface area contributed by atoms with Crippen LogP contribution in [0, 0.1) is 0 Å². The van der Waals surface area contributed by atoms with Crippen LogP contribution in [-0.2, 0) is 0 Å². The van der Waals surface area contributed by atoms with Gasteiger partial charge in [-0.3, -0.25) is 4.79 Å². The lowest BCUT2D eigenvalue weighted by Crippen LogP contribution is -2.35. The van der Waals surface area contributed by atoms with Crippen molar-refractivity contribution in [3.05, 3.63) is 24.3 Å². The van der Waals surface area contributed by atoms with Crippen LogP contribution in [0.25, 0.3) is 0 Å². The molecule has 1 aromatic rings. The number of carbonyl (C=O) groups excluding carboxylic acids is 1. The molecule has 1 rings (SSSR count). The van der Waals surface area contributed by atoms with Gasteiger partial charge in [0.2, 0.25) is 0 Å². The molecule has 1 heterocycles. The van der Waals surface area contributed by atoms with Gasteiger partial charge in [-0.1, -0.05) is 0 Å². The minimum absolute atomic E-state index is 0.0865. The molecule has 0 saturated heterocycles. The Bertz CT molecular complexity index is 276. The van der Waals surface area contributed by atoms with E-state index in [9.17, 15) is 4.79 Å². The molecule has 0 radical (unpaired) electrons. The van der Waals surface area contributed by atoms with Gasteiger partial charge in [-0.25, -0.2) is 9.97 Å². The summed E-state index contributed by atoms with van der Waals surface area (Å²) in [5.74, 6) is -0.302. The molecule has 70 valence electrons. The largest absolute Gasteiger partial charge is 0.394 e. The van der Waals surface area contributed by atoms with Crippen molar-refractivity contribution >= 4 is 5.91 Å². The second-order valence-electron chi connectivity index (χ2n) is 2.65. The number of carbonyl (C=O) groups is 1. The second kappa shape index (κ2) is 4.51. The van der Waals surface area contributed by atoms with Crippen molar-refractivity contribution in [3.8, 4) is 0 Å². The highest BCUT2D eigenvalue weighted by Gasteiger charge is 2.08. The van der Waals surface area contributed by atoms with E-state index in [0.29, 0.717) is 5.69 Å². The minimum Gasteiger partial charge on any atom is -0.394 e. The number of aliphatic hydroxyl groups is 1. The van der Waals surface area contributed by atoms with Gasteiger partial charge in [0.15, 0.2) is 0 Å². The Kier molecular flexibility index (Phi) is 3.33. The molecule has 0 aliphatic heterocycles. The van der Waals surface area contributed by atoms with Crippen molar-refractivity contribution in [3.63, 3.8) is 0 Å². The monoisotopic (exact) mass is 181 g/mol. The molecule has 0 fully saturated rings. The third-order valence-corrected chi connectivity index (χ3v) is 1.47. The summed E-state index contributed by atoms with van der Waals surface area (Å²) in [7, 11) is 0. The first kappa shape index (κ1) is 9.60. The fraction of sp³-hybridized carbons (Fsp3) is 0.375. The molecular weight excluding hydrogens is 170 g/mol. The quantitative estimate of drug-likeness (QED) is 0.664. The standard InChI is InChI=1S/C8H11N3O2/c1-6(4-12)11-8(13)7-2-3-9-5-10-7/h2-3,5-6,12H,4H2,1H3,(H,11,13)/t6-/m0/s1. The highest BCUT2D eigenvalue weighted by Crippen LogP contribution is 1.91. The molecule has 0 spiro atoms. The predicted octanol–water partition coefficient (Wildman–Crippen LogP) is -0.413. The fourth-order valence-corrected chi connectivity index (χ4v) is 0.768. The van der Waals surface area contributed by atoms with Gasteiger partial charge < -0.3 is 10.4 Å². The normalized spacial score (nSPS) is 12.2. The highest BCUT2D eigenvalue weighted by molar-refractivity contribution is 5.92. The zero-order valence-corrected chi connectivity index (χ0v) is 7.27. The summed E-state index contributed by atoms with van der Waals surface area (Å²) in [6.45, 7) is 1.62. The number of hydrogen-bond donors (Lipinski definition) is 2. The molecule has 2 N–H and O–H groups in total. The van der Waals surface area contributed by atoms with E-state index in [4.69, 9.17) is 5.11 Å². The molecule has 13 heavy (non-hydrogen) atoms. The smallest absolute Gasteiger partial charge is 0.270 e. The average Bonchev–Trinajstić information content (AvgIpc) is 2.19. The number of nitrogens with one attached hydrogen (secondary N) is 1. The third-order valence-electron chi connectivity index (χ3n) is 1.47. The van der Waals surface area contributed by atoms with Crippen LogP contribution in [0.3, 0.4) is 0 Å². The van der Waals surface area contributed by atoms with Gasteiger partial charge in [-0.2, -0.15) is 0 Å². The van der Waals surface area contributed by atoms with Crippen LogP contribution in [0.5, 0.6) is 0 Å². The lowest BCUT2D eigenvalue weighted by atomic mass is 10.3. The second-order valence-corrected chi connectivity index (χ2v) is 2.65. The van der Waals surface area contributed by atoms with E-state index < -0.39 is 0 Å². The van der Waals surface area contributed by atoms with E-state index in [0.717, 1.165) is 0 Å². The number of aliphatic hydroxyl groups excluding tert-OH is 1. The van der Waals surface area contributed by atoms with Crippen molar-refractivity contribution < 1.29 is 9.90 Å². The van der Waals surface area contributed by atoms with Crippen LogP contribution in [-0.4, -0.2) is 33.6 Å². The van der Waals surface area contributed by atoms with Gasteiger partial charge in [-0.05, 0) is 13.0 Å². The Morgan fingerprint density at radius 3 is 3.08 bits per heavy atom. The predicted molar refractivity (Wildman–Crippen MR) is 46.0 cm³/mol. The molecule has 0 bridgehead atoms. The van der Waals surface area contributed by atoms with E-state index in [2.05, 4.69) is 15.3 Å². The number of aromatic nitrogens is 2. The molecule has 1 atom stereocenters. The van der Waals surface area contributed by atoms with Crippen LogP contribution < -0.4 is 5.32 Å². The number of rotatable bonds is 3. The van der Waals surface area contributed by atoms with Gasteiger partial charge in [-0.15, -0.1) is 0 Å². The maximum Gasteiger partial charge on any atom is 0.270 e. The number of hydrogen-bond acceptors (Lipinski definition) is 4. The Labute approximate surface area is 75.8 Å². The van der Waals surface area contributed by atoms with Crippen molar-refractivity contribution in [2.45, 2.75) is 13.0 Å². The zero-order valence-electron chi connectivity index (χ0n) is 7.27. The zero-order chi connectivity index (χ0) is 9.68. The van der Waals surface area contributed by atoms with Gasteiger partial charge in [0, 0.05) is 12.2 Å². The molecule has 1 amide bonds. The highest BCUT2D eigenvalue weighted by atomic mass is 16.3. The van der Waals surface area contributed by atoms with Gasteiger partial charge in [0.1, 0.15) is 12.0 Å². The molecule has 1 aromatic heterocycles. The summed E-state index contributed by atoms with van der Waals surface area (Å²) in [4.78, 5) is 18.7. The lowest BCUT2D eigenvalue weighted by molar-refractivity contribution is 0.0917. The SMILES string of the molecule is C[C@@H](CO)NC(=O)c1ccncn1. The summed E-state index contributed by atoms with van der Waals surface area (Å²) >= 11 is 0. The Hall–Kier alpha value is -1.49. The van der Waals surface area contributed by atoms with Crippen LogP contribution in [0.2, 0.25) is 0 Å². The first-order chi connectivity index (χ1) is 6.24. The number of amides is 1. The van der Waals surface area contributed by atoms with Gasteiger partial charge in [0.05, 0.1) is 6.61 Å². The average molecular weight is 181 g/mol. The van der Waals surface area contributed by atoms with E-state index >= 15 is 0 Å². The van der Waals surface area contributed by atoms with Crippen LogP contribution >= 0.6 is 0 Å². The molecule has 0 unspecified atom stereocenters. The van der Waals surface area contributed by atoms with E-state index in [-0.39, 0.29) is 18.6 Å². The van der Waals surface area contributed by atoms with Crippen molar-refractivity contribution in [1.82, 2.24) is 15.3 Å². The lowest BCUT2D eigenvalue weighted by Gasteiger charge is -2.09. The molecule has 0 aromatic carbocycles. The summed E-state index contributed by atoms with van der Waals surface area (Å²) in [5, 5.41) is 11.2. The molecule has 5 heteroatoms. The van der Waals surface area contributed by atoms with Crippen molar-refractivity contribution in [2.24, 2.45) is 0 Å². The molecule has 0 aliphatic rings. The fourth-order valence-electron chi connectivity index (χ4n) is 0.768. The summed E-state index contributed by atoms with van der Waals surface area (Å²) in [5.41, 5.74) is 0.301. The summed E-state index contributed by atoms with van der Waals surface area (Å²) in [6, 6.07) is 1.25. The molecule has 0 saturated carbocycles. The van der Waals surface area contributed by atoms with E-state index in [1.165, 1.54) is 18.6 Å². The number of nitrogens with zero attached hydrogens (tertiary/aromatic N) is 2. The minimum atomic E-state index is -0.302. The first-order valence-electron chi connectivity index (χ1n) is 3.91. The summed E-state index contributed by atoms with van der Waals surface area (Å²) < 4.78 is 0. The van der Waals surface area contributed by atoms with Gasteiger partial charge >= 0.3 is 0 Å². The van der Waals surface area contributed by atoms with E-state index in [1.54, 1.807) is 6.92 Å². The van der Waals surface area contributed by atoms with Crippen LogP contribution in [0.15, 0.2) is 18.6 Å². The molecule has 0 aliphatic carbocycles. The van der Waals surface area contributed by atoms with Crippen LogP contribution in [0.1, 0.15) is 17.4 Å². The first-order valence-corrected chi connectivity index (χ1v) is 3.91. The van der Waals surface area contributed by atoms with Crippen molar-refractivity contribution in [1.29, 1.82) is 0 Å². The van der Waals surface area contributed by atoms with Gasteiger partial charge in [0.25, 0.3) is 5.91 Å².